The van der Waals surface area contributed by atoms with Crippen LogP contribution in [0.2, 0.25) is 0 Å². The summed E-state index contributed by atoms with van der Waals surface area (Å²) in [6, 6.07) is 7.34. The van der Waals surface area contributed by atoms with E-state index in [1.807, 2.05) is 0 Å². The van der Waals surface area contributed by atoms with Gasteiger partial charge >= 0.3 is 0 Å². The van der Waals surface area contributed by atoms with Crippen molar-refractivity contribution in [2.45, 2.75) is 27.2 Å². The summed E-state index contributed by atoms with van der Waals surface area (Å²) in [5, 5.41) is 8.97. The van der Waals surface area contributed by atoms with E-state index in [0.29, 0.717) is 23.7 Å². The van der Waals surface area contributed by atoms with Crippen molar-refractivity contribution in [2.75, 3.05) is 13.7 Å². The van der Waals surface area contributed by atoms with Crippen LogP contribution in [0, 0.1) is 16.7 Å². The van der Waals surface area contributed by atoms with Gasteiger partial charge in [0.2, 0.25) is 0 Å². The number of ether oxygens (including phenoxy) is 2. The van der Waals surface area contributed by atoms with Gasteiger partial charge in [-0.3, -0.25) is 0 Å². The fraction of sp³-hybridized carbons (Fsp3) is 0.500. The predicted octanol–water partition coefficient (Wildman–Crippen LogP) is 3.38. The molecule has 0 aromatic heterocycles. The smallest absolute Gasteiger partial charge is 0.140 e. The zero-order valence-electron chi connectivity index (χ0n) is 10.9. The minimum absolute atomic E-state index is 0.228. The van der Waals surface area contributed by atoms with Gasteiger partial charge in [-0.2, -0.15) is 5.26 Å². The Kier molecular flexibility index (Phi) is 4.39. The molecule has 0 saturated heterocycles. The van der Waals surface area contributed by atoms with E-state index in [0.717, 1.165) is 6.42 Å². The largest absolute Gasteiger partial charge is 0.497 e. The second kappa shape index (κ2) is 5.58. The Morgan fingerprint density at radius 2 is 2.00 bits per heavy atom. The quantitative estimate of drug-likeness (QED) is 0.800. The Hall–Kier alpha value is -1.69. The standard InChI is InChI=1S/C14H19NO2/c1-14(2,3)7-8-17-13-9-12(16-4)6-5-11(13)10-15/h5-6,9H,7-8H2,1-4H3. The molecular formula is C14H19NO2. The maximum Gasteiger partial charge on any atom is 0.140 e. The van der Waals surface area contributed by atoms with Crippen LogP contribution in [0.1, 0.15) is 32.8 Å². The molecule has 3 heteroatoms. The summed E-state index contributed by atoms with van der Waals surface area (Å²) in [5.41, 5.74) is 0.769. The van der Waals surface area contributed by atoms with Crippen LogP contribution in [-0.4, -0.2) is 13.7 Å². The van der Waals surface area contributed by atoms with Gasteiger partial charge in [-0.15, -0.1) is 0 Å². The second-order valence-electron chi connectivity index (χ2n) is 5.13. The first-order valence-electron chi connectivity index (χ1n) is 5.67. The van der Waals surface area contributed by atoms with Crippen molar-refractivity contribution in [1.29, 1.82) is 5.26 Å². The number of nitriles is 1. The zero-order chi connectivity index (χ0) is 12.9. The van der Waals surface area contributed by atoms with E-state index in [-0.39, 0.29) is 5.41 Å². The number of hydrogen-bond donors (Lipinski definition) is 0. The highest BCUT2D eigenvalue weighted by atomic mass is 16.5. The highest BCUT2D eigenvalue weighted by Crippen LogP contribution is 2.25. The highest BCUT2D eigenvalue weighted by molar-refractivity contribution is 5.47. The Morgan fingerprint density at radius 3 is 2.53 bits per heavy atom. The Labute approximate surface area is 103 Å². The monoisotopic (exact) mass is 233 g/mol. The van der Waals surface area contributed by atoms with Gasteiger partial charge in [0.15, 0.2) is 0 Å². The first-order chi connectivity index (χ1) is 7.96. The molecule has 17 heavy (non-hydrogen) atoms. The van der Waals surface area contributed by atoms with Gasteiger partial charge in [0.05, 0.1) is 19.3 Å². The van der Waals surface area contributed by atoms with Crippen LogP contribution in [-0.2, 0) is 0 Å². The van der Waals surface area contributed by atoms with E-state index in [2.05, 4.69) is 26.8 Å². The van der Waals surface area contributed by atoms with Crippen molar-refractivity contribution in [1.82, 2.24) is 0 Å². The van der Waals surface area contributed by atoms with Gasteiger partial charge in [-0.25, -0.2) is 0 Å². The average molecular weight is 233 g/mol. The molecule has 0 unspecified atom stereocenters. The molecule has 0 aliphatic heterocycles. The van der Waals surface area contributed by atoms with Crippen molar-refractivity contribution in [3.8, 4) is 17.6 Å². The van der Waals surface area contributed by atoms with Crippen LogP contribution in [0.5, 0.6) is 11.5 Å². The summed E-state index contributed by atoms with van der Waals surface area (Å²) in [4.78, 5) is 0. The molecule has 0 spiro atoms. The summed E-state index contributed by atoms with van der Waals surface area (Å²) < 4.78 is 10.8. The Bertz CT molecular complexity index is 413. The number of hydrogen-bond acceptors (Lipinski definition) is 3. The first-order valence-corrected chi connectivity index (χ1v) is 5.67. The van der Waals surface area contributed by atoms with Gasteiger partial charge in [-0.1, -0.05) is 20.8 Å². The summed E-state index contributed by atoms with van der Waals surface area (Å²) in [6.07, 6.45) is 0.940. The molecular weight excluding hydrogens is 214 g/mol. The molecule has 0 N–H and O–H groups in total. The summed E-state index contributed by atoms with van der Waals surface area (Å²) >= 11 is 0. The third kappa shape index (κ3) is 4.36. The van der Waals surface area contributed by atoms with Gasteiger partial charge in [0, 0.05) is 6.07 Å². The number of benzene rings is 1. The van der Waals surface area contributed by atoms with Crippen LogP contribution in [0.15, 0.2) is 18.2 Å². The van der Waals surface area contributed by atoms with Crippen LogP contribution >= 0.6 is 0 Å². The van der Waals surface area contributed by atoms with Gasteiger partial charge < -0.3 is 9.47 Å². The van der Waals surface area contributed by atoms with Crippen molar-refractivity contribution in [2.24, 2.45) is 5.41 Å². The van der Waals surface area contributed by atoms with Crippen molar-refractivity contribution >= 4 is 0 Å². The molecule has 92 valence electrons. The average Bonchev–Trinajstić information content (AvgIpc) is 2.27. The first kappa shape index (κ1) is 13.4. The van der Waals surface area contributed by atoms with E-state index >= 15 is 0 Å². The molecule has 0 heterocycles. The van der Waals surface area contributed by atoms with Gasteiger partial charge in [0.25, 0.3) is 0 Å². The lowest BCUT2D eigenvalue weighted by Gasteiger charge is -2.18. The van der Waals surface area contributed by atoms with Crippen molar-refractivity contribution in [3.05, 3.63) is 23.8 Å². The predicted molar refractivity (Wildman–Crippen MR) is 67.3 cm³/mol. The number of methoxy groups -OCH3 is 1. The molecule has 0 atom stereocenters. The van der Waals surface area contributed by atoms with Crippen LogP contribution in [0.4, 0.5) is 0 Å². The lowest BCUT2D eigenvalue weighted by Crippen LogP contribution is -2.11. The molecule has 0 radical (unpaired) electrons. The van der Waals surface area contributed by atoms with Crippen LogP contribution < -0.4 is 9.47 Å². The zero-order valence-corrected chi connectivity index (χ0v) is 10.9. The summed E-state index contributed by atoms with van der Waals surface area (Å²) in [5.74, 6) is 1.30. The molecule has 0 amide bonds. The number of rotatable bonds is 4. The van der Waals surface area contributed by atoms with E-state index < -0.39 is 0 Å². The molecule has 1 rings (SSSR count). The number of nitrogens with zero attached hydrogens (tertiary/aromatic N) is 1. The Balaban J connectivity index is 2.72. The molecule has 0 bridgehead atoms. The second-order valence-corrected chi connectivity index (χ2v) is 5.13. The summed E-state index contributed by atoms with van der Waals surface area (Å²) in [7, 11) is 1.60. The lowest BCUT2D eigenvalue weighted by molar-refractivity contribution is 0.242. The maximum atomic E-state index is 8.97. The van der Waals surface area contributed by atoms with Crippen molar-refractivity contribution in [3.63, 3.8) is 0 Å². The van der Waals surface area contributed by atoms with E-state index in [4.69, 9.17) is 14.7 Å². The summed E-state index contributed by atoms with van der Waals surface area (Å²) in [6.45, 7) is 7.08. The topological polar surface area (TPSA) is 42.2 Å². The molecule has 0 fully saturated rings. The maximum absolute atomic E-state index is 8.97. The molecule has 1 aromatic carbocycles. The highest BCUT2D eigenvalue weighted by Gasteiger charge is 2.11. The fourth-order valence-corrected chi connectivity index (χ4v) is 1.31. The third-order valence-corrected chi connectivity index (χ3v) is 2.42. The van der Waals surface area contributed by atoms with Crippen LogP contribution in [0.25, 0.3) is 0 Å². The Morgan fingerprint density at radius 1 is 1.29 bits per heavy atom. The molecule has 3 nitrogen and oxygen atoms in total. The lowest BCUT2D eigenvalue weighted by atomic mass is 9.93. The molecule has 0 saturated carbocycles. The minimum atomic E-state index is 0.228. The molecule has 0 aliphatic carbocycles. The van der Waals surface area contributed by atoms with Crippen LogP contribution in [0.3, 0.4) is 0 Å². The van der Waals surface area contributed by atoms with E-state index in [9.17, 15) is 0 Å². The van der Waals surface area contributed by atoms with E-state index in [1.54, 1.807) is 25.3 Å². The minimum Gasteiger partial charge on any atom is -0.497 e. The van der Waals surface area contributed by atoms with E-state index in [1.165, 1.54) is 0 Å². The van der Waals surface area contributed by atoms with Gasteiger partial charge in [-0.05, 0) is 24.0 Å². The third-order valence-electron chi connectivity index (χ3n) is 2.42. The SMILES string of the molecule is COc1ccc(C#N)c(OCCC(C)(C)C)c1. The fourth-order valence-electron chi connectivity index (χ4n) is 1.31. The van der Waals surface area contributed by atoms with Crippen molar-refractivity contribution < 1.29 is 9.47 Å². The van der Waals surface area contributed by atoms with Gasteiger partial charge in [0.1, 0.15) is 17.6 Å². The molecule has 1 aromatic rings. The molecule has 0 aliphatic rings. The normalized spacial score (nSPS) is 10.8.